The maximum atomic E-state index is 12.5. The third-order valence-corrected chi connectivity index (χ3v) is 6.99. The number of halogens is 3. The van der Waals surface area contributed by atoms with E-state index >= 15 is 0 Å². The number of thioether (sulfide) groups is 1. The minimum absolute atomic E-state index is 0.172. The van der Waals surface area contributed by atoms with Crippen LogP contribution in [0.5, 0.6) is 0 Å². The Morgan fingerprint density at radius 3 is 2.67 bits per heavy atom. The van der Waals surface area contributed by atoms with Crippen molar-refractivity contribution in [1.82, 2.24) is 9.88 Å². The molecule has 3 aromatic rings. The monoisotopic (exact) mass is 519 g/mol. The summed E-state index contributed by atoms with van der Waals surface area (Å²) in [6, 6.07) is 15.2. The number of aryl methyl sites for hydroxylation is 1. The molecule has 30 heavy (non-hydrogen) atoms. The summed E-state index contributed by atoms with van der Waals surface area (Å²) in [6.45, 7) is 4.05. The first-order chi connectivity index (χ1) is 14.3. The van der Waals surface area contributed by atoms with E-state index < -0.39 is 0 Å². The molecular formula is C22H16BrCl2N3OS. The summed E-state index contributed by atoms with van der Waals surface area (Å²) in [5, 5.41) is 4.58. The number of benzene rings is 2. The number of amidine groups is 1. The number of carbonyl (C=O) groups excluding carboxylic acids is 1. The van der Waals surface area contributed by atoms with Gasteiger partial charge in [0.1, 0.15) is 0 Å². The van der Waals surface area contributed by atoms with Gasteiger partial charge in [-0.25, -0.2) is 4.99 Å². The number of nitrogens with zero attached hydrogens (tertiary/aromatic N) is 2. The molecule has 1 saturated heterocycles. The predicted molar refractivity (Wildman–Crippen MR) is 130 cm³/mol. The molecule has 152 valence electrons. The predicted octanol–water partition coefficient (Wildman–Crippen LogP) is 7.06. The Kier molecular flexibility index (Phi) is 6.11. The quantitative estimate of drug-likeness (QED) is 0.376. The van der Waals surface area contributed by atoms with Gasteiger partial charge in [0.15, 0.2) is 5.17 Å². The molecule has 4 rings (SSSR count). The van der Waals surface area contributed by atoms with E-state index in [4.69, 9.17) is 23.2 Å². The van der Waals surface area contributed by atoms with Gasteiger partial charge in [-0.2, -0.15) is 0 Å². The molecule has 4 nitrogen and oxygen atoms in total. The van der Waals surface area contributed by atoms with Crippen LogP contribution in [-0.2, 0) is 4.79 Å². The maximum Gasteiger partial charge on any atom is 0.264 e. The summed E-state index contributed by atoms with van der Waals surface area (Å²) in [7, 11) is 0. The van der Waals surface area contributed by atoms with Gasteiger partial charge in [-0.15, -0.1) is 0 Å². The Labute approximate surface area is 197 Å². The number of hydrogen-bond donors (Lipinski definition) is 1. The van der Waals surface area contributed by atoms with E-state index in [1.807, 2.05) is 56.3 Å². The van der Waals surface area contributed by atoms with Gasteiger partial charge < -0.3 is 9.88 Å². The normalized spacial score (nSPS) is 16.5. The molecule has 1 N–H and O–H groups in total. The van der Waals surface area contributed by atoms with Crippen LogP contribution in [0.4, 0.5) is 5.69 Å². The van der Waals surface area contributed by atoms with E-state index in [2.05, 4.69) is 36.9 Å². The second-order valence-electron chi connectivity index (χ2n) is 6.72. The van der Waals surface area contributed by atoms with Crippen LogP contribution in [0.1, 0.15) is 17.0 Å². The standard InChI is InChI=1S/C22H16BrCl2N3OS/c1-12-8-14(13(2)28(12)17-5-3-4-15(24)10-17)9-20-21(29)27-22(30-20)26-16-6-7-18(23)19(25)11-16/h3-11H,1-2H3,(H,26,27,29)/b20-9-. The highest BCUT2D eigenvalue weighted by Gasteiger charge is 2.24. The lowest BCUT2D eigenvalue weighted by Crippen LogP contribution is -2.19. The Balaban J connectivity index is 1.64. The number of aliphatic imine (C=N–C) groups is 1. The van der Waals surface area contributed by atoms with Crippen LogP contribution in [0.2, 0.25) is 10.0 Å². The van der Waals surface area contributed by atoms with Gasteiger partial charge in [-0.3, -0.25) is 4.79 Å². The van der Waals surface area contributed by atoms with Crippen LogP contribution < -0.4 is 5.32 Å². The molecule has 2 aromatic carbocycles. The van der Waals surface area contributed by atoms with Gasteiger partial charge in [0.2, 0.25) is 0 Å². The largest absolute Gasteiger partial charge is 0.318 e. The Hall–Kier alpha value is -1.99. The highest BCUT2D eigenvalue weighted by molar-refractivity contribution is 9.10. The number of nitrogens with one attached hydrogen (secondary N) is 1. The van der Waals surface area contributed by atoms with E-state index in [1.165, 1.54) is 11.8 Å². The fourth-order valence-corrected chi connectivity index (χ4v) is 4.68. The van der Waals surface area contributed by atoms with Crippen LogP contribution in [-0.4, -0.2) is 15.6 Å². The fourth-order valence-electron chi connectivity index (χ4n) is 3.24. The zero-order chi connectivity index (χ0) is 21.4. The molecule has 0 saturated carbocycles. The molecule has 0 unspecified atom stereocenters. The first-order valence-electron chi connectivity index (χ1n) is 9.01. The fraction of sp³-hybridized carbons (Fsp3) is 0.0909. The minimum atomic E-state index is -0.172. The van der Waals surface area contributed by atoms with Crippen molar-refractivity contribution >= 4 is 73.7 Å². The third-order valence-electron chi connectivity index (χ3n) is 4.61. The third kappa shape index (κ3) is 4.37. The van der Waals surface area contributed by atoms with Crippen molar-refractivity contribution in [2.45, 2.75) is 13.8 Å². The zero-order valence-electron chi connectivity index (χ0n) is 16.0. The van der Waals surface area contributed by atoms with E-state index in [9.17, 15) is 4.79 Å². The maximum absolute atomic E-state index is 12.5. The average Bonchev–Trinajstić information content (AvgIpc) is 3.17. The molecule has 0 bridgehead atoms. The number of aromatic nitrogens is 1. The summed E-state index contributed by atoms with van der Waals surface area (Å²) >= 11 is 17.0. The average molecular weight is 521 g/mol. The molecule has 1 fully saturated rings. The van der Waals surface area contributed by atoms with E-state index in [0.717, 1.165) is 27.1 Å². The van der Waals surface area contributed by atoms with E-state index in [0.29, 0.717) is 25.8 Å². The summed E-state index contributed by atoms with van der Waals surface area (Å²) in [5.74, 6) is -0.172. The molecule has 1 aromatic heterocycles. The Morgan fingerprint density at radius 1 is 1.13 bits per heavy atom. The number of amides is 1. The first-order valence-corrected chi connectivity index (χ1v) is 11.4. The Bertz CT molecular complexity index is 1230. The Morgan fingerprint density at radius 2 is 1.93 bits per heavy atom. The van der Waals surface area contributed by atoms with Crippen molar-refractivity contribution in [3.8, 4) is 5.69 Å². The molecule has 0 spiro atoms. The minimum Gasteiger partial charge on any atom is -0.318 e. The van der Waals surface area contributed by atoms with Crippen molar-refractivity contribution < 1.29 is 4.79 Å². The number of rotatable bonds is 3. The second kappa shape index (κ2) is 8.63. The van der Waals surface area contributed by atoms with Crippen molar-refractivity contribution in [2.75, 3.05) is 0 Å². The van der Waals surface area contributed by atoms with E-state index in [1.54, 1.807) is 6.07 Å². The van der Waals surface area contributed by atoms with Crippen molar-refractivity contribution in [1.29, 1.82) is 0 Å². The molecule has 2 heterocycles. The topological polar surface area (TPSA) is 46.4 Å². The smallest absolute Gasteiger partial charge is 0.264 e. The number of carbonyl (C=O) groups is 1. The lowest BCUT2D eigenvalue weighted by Gasteiger charge is -2.09. The summed E-state index contributed by atoms with van der Waals surface area (Å²) < 4.78 is 2.92. The first kappa shape index (κ1) is 21.2. The molecule has 0 atom stereocenters. The number of hydrogen-bond acceptors (Lipinski definition) is 3. The van der Waals surface area contributed by atoms with Gasteiger partial charge >= 0.3 is 0 Å². The molecular weight excluding hydrogens is 505 g/mol. The van der Waals surface area contributed by atoms with Crippen molar-refractivity contribution in [2.24, 2.45) is 4.99 Å². The lowest BCUT2D eigenvalue weighted by molar-refractivity contribution is -0.115. The molecule has 1 aliphatic rings. The molecule has 0 aliphatic carbocycles. The van der Waals surface area contributed by atoms with Gasteiger partial charge in [0.25, 0.3) is 5.91 Å². The molecule has 8 heteroatoms. The zero-order valence-corrected chi connectivity index (χ0v) is 20.0. The van der Waals surface area contributed by atoms with Crippen LogP contribution in [0, 0.1) is 13.8 Å². The van der Waals surface area contributed by atoms with Crippen LogP contribution in [0.3, 0.4) is 0 Å². The molecule has 1 aliphatic heterocycles. The summed E-state index contributed by atoms with van der Waals surface area (Å²) in [4.78, 5) is 17.6. The second-order valence-corrected chi connectivity index (χ2v) is 9.45. The van der Waals surface area contributed by atoms with Crippen LogP contribution in [0.15, 0.2) is 62.9 Å². The van der Waals surface area contributed by atoms with Crippen molar-refractivity contribution in [3.05, 3.63) is 84.9 Å². The van der Waals surface area contributed by atoms with Gasteiger partial charge in [-0.1, -0.05) is 29.3 Å². The van der Waals surface area contributed by atoms with Crippen LogP contribution >= 0.6 is 50.9 Å². The summed E-state index contributed by atoms with van der Waals surface area (Å²) in [5.41, 5.74) is 4.72. The molecule has 0 radical (unpaired) electrons. The molecule has 1 amide bonds. The summed E-state index contributed by atoms with van der Waals surface area (Å²) in [6.07, 6.45) is 1.89. The lowest BCUT2D eigenvalue weighted by atomic mass is 10.2. The van der Waals surface area contributed by atoms with Crippen LogP contribution in [0.25, 0.3) is 11.8 Å². The van der Waals surface area contributed by atoms with Gasteiger partial charge in [-0.05, 0) is 95.6 Å². The SMILES string of the molecule is Cc1cc(/C=C2\SC(=Nc3ccc(Br)c(Cl)c3)NC2=O)c(C)n1-c1cccc(Cl)c1. The van der Waals surface area contributed by atoms with Gasteiger partial charge in [0, 0.05) is 26.6 Å². The van der Waals surface area contributed by atoms with E-state index in [-0.39, 0.29) is 5.91 Å². The highest BCUT2D eigenvalue weighted by atomic mass is 79.9. The van der Waals surface area contributed by atoms with Crippen molar-refractivity contribution in [3.63, 3.8) is 0 Å². The van der Waals surface area contributed by atoms with Gasteiger partial charge in [0.05, 0.1) is 15.6 Å². The highest BCUT2D eigenvalue weighted by Crippen LogP contribution is 2.32.